The molecule has 0 spiro atoms. The quantitative estimate of drug-likeness (QED) is 0.758. The summed E-state index contributed by atoms with van der Waals surface area (Å²) in [6.07, 6.45) is 0.795. The van der Waals surface area contributed by atoms with Gasteiger partial charge in [0.1, 0.15) is 0 Å². The lowest BCUT2D eigenvalue weighted by Crippen LogP contribution is -2.28. The fourth-order valence-corrected chi connectivity index (χ4v) is 3.51. The Morgan fingerprint density at radius 2 is 1.91 bits per heavy atom. The number of hydrogen-bond acceptors (Lipinski definition) is 4. The Morgan fingerprint density at radius 1 is 1.09 bits per heavy atom. The largest absolute Gasteiger partial charge is 0.346 e. The van der Waals surface area contributed by atoms with E-state index in [1.165, 1.54) is 5.56 Å². The van der Waals surface area contributed by atoms with Crippen molar-refractivity contribution in [1.82, 2.24) is 20.2 Å². The topological polar surface area (TPSA) is 55.6 Å². The second kappa shape index (κ2) is 5.83. The van der Waals surface area contributed by atoms with Gasteiger partial charge in [-0.2, -0.15) is 0 Å². The fourth-order valence-electron chi connectivity index (χ4n) is 2.97. The van der Waals surface area contributed by atoms with Crippen molar-refractivity contribution in [3.8, 4) is 0 Å². The molecule has 3 aromatic rings. The lowest BCUT2D eigenvalue weighted by atomic mass is 9.93. The van der Waals surface area contributed by atoms with Crippen LogP contribution < -0.4 is 5.32 Å². The first kappa shape index (κ1) is 14.5. The number of fused-ring (bicyclic) bond motifs is 1. The number of anilines is 1. The molecular weight excluding hydrogens is 333 g/mol. The molecule has 5 nitrogen and oxygen atoms in total. The molecule has 1 aromatic heterocycles. The van der Waals surface area contributed by atoms with E-state index in [9.17, 15) is 0 Å². The molecule has 1 N–H and O–H groups in total. The second-order valence-electron chi connectivity index (χ2n) is 5.47. The number of hydrogen-bond donors (Lipinski definition) is 1. The highest BCUT2D eigenvalue weighted by molar-refractivity contribution is 6.35. The molecule has 7 heteroatoms. The van der Waals surface area contributed by atoms with Crippen LogP contribution >= 0.6 is 23.2 Å². The van der Waals surface area contributed by atoms with Crippen molar-refractivity contribution >= 4 is 29.2 Å². The van der Waals surface area contributed by atoms with Crippen LogP contribution in [0, 0.1) is 0 Å². The van der Waals surface area contributed by atoms with Crippen molar-refractivity contribution in [3.05, 3.63) is 69.7 Å². The zero-order chi connectivity index (χ0) is 15.8. The van der Waals surface area contributed by atoms with Crippen LogP contribution in [-0.2, 0) is 0 Å². The van der Waals surface area contributed by atoms with Gasteiger partial charge in [0.25, 0.3) is 0 Å². The van der Waals surface area contributed by atoms with E-state index in [4.69, 9.17) is 23.2 Å². The predicted molar refractivity (Wildman–Crippen MR) is 89.8 cm³/mol. The Hall–Kier alpha value is -2.11. The minimum atomic E-state index is -0.0452. The van der Waals surface area contributed by atoms with Gasteiger partial charge in [0.2, 0.25) is 5.95 Å². The maximum atomic E-state index is 6.40. The molecule has 116 valence electrons. The van der Waals surface area contributed by atoms with Crippen molar-refractivity contribution < 1.29 is 0 Å². The first-order valence-electron chi connectivity index (χ1n) is 7.26. The molecule has 2 atom stereocenters. The summed E-state index contributed by atoms with van der Waals surface area (Å²) >= 11 is 12.4. The van der Waals surface area contributed by atoms with Crippen molar-refractivity contribution in [2.75, 3.05) is 5.32 Å². The Labute approximate surface area is 143 Å². The maximum absolute atomic E-state index is 6.40. The zero-order valence-electron chi connectivity index (χ0n) is 12.0. The highest BCUT2D eigenvalue weighted by Gasteiger charge is 2.31. The number of nitrogens with one attached hydrogen (secondary N) is 1. The van der Waals surface area contributed by atoms with Gasteiger partial charge in [-0.15, -0.1) is 0 Å². The lowest BCUT2D eigenvalue weighted by molar-refractivity contribution is 0.424. The summed E-state index contributed by atoms with van der Waals surface area (Å²) in [4.78, 5) is 0. The van der Waals surface area contributed by atoms with Crippen LogP contribution in [0.25, 0.3) is 0 Å². The summed E-state index contributed by atoms with van der Waals surface area (Å²) in [6.45, 7) is 0. The van der Waals surface area contributed by atoms with Crippen LogP contribution in [0.4, 0.5) is 5.95 Å². The first-order valence-corrected chi connectivity index (χ1v) is 8.02. The molecule has 2 aromatic carbocycles. The van der Waals surface area contributed by atoms with Crippen LogP contribution in [0.3, 0.4) is 0 Å². The van der Waals surface area contributed by atoms with Crippen molar-refractivity contribution in [3.63, 3.8) is 0 Å². The minimum Gasteiger partial charge on any atom is -0.346 e. The molecule has 0 aliphatic carbocycles. The highest BCUT2D eigenvalue weighted by atomic mass is 35.5. The van der Waals surface area contributed by atoms with Gasteiger partial charge < -0.3 is 5.32 Å². The molecule has 23 heavy (non-hydrogen) atoms. The number of nitrogens with zero attached hydrogens (tertiary/aromatic N) is 4. The average Bonchev–Trinajstić information content (AvgIpc) is 3.03. The van der Waals surface area contributed by atoms with E-state index in [2.05, 4.69) is 33.0 Å². The third-order valence-electron chi connectivity index (χ3n) is 4.07. The van der Waals surface area contributed by atoms with Gasteiger partial charge in [-0.3, -0.25) is 0 Å². The molecule has 0 amide bonds. The van der Waals surface area contributed by atoms with Gasteiger partial charge in [0.15, 0.2) is 0 Å². The molecule has 0 saturated heterocycles. The highest BCUT2D eigenvalue weighted by Crippen LogP contribution is 2.39. The monoisotopic (exact) mass is 345 g/mol. The molecule has 4 rings (SSSR count). The molecule has 0 radical (unpaired) electrons. The van der Waals surface area contributed by atoms with E-state index in [-0.39, 0.29) is 12.1 Å². The minimum absolute atomic E-state index is 0.0452. The smallest absolute Gasteiger partial charge is 0.243 e. The van der Waals surface area contributed by atoms with E-state index in [1.54, 1.807) is 10.7 Å². The third kappa shape index (κ3) is 2.66. The Bertz CT molecular complexity index is 833. The predicted octanol–water partition coefficient (Wildman–Crippen LogP) is 4.13. The Kier molecular flexibility index (Phi) is 3.67. The van der Waals surface area contributed by atoms with E-state index < -0.39 is 0 Å². The summed E-state index contributed by atoms with van der Waals surface area (Å²) < 4.78 is 1.77. The second-order valence-corrected chi connectivity index (χ2v) is 6.32. The van der Waals surface area contributed by atoms with Gasteiger partial charge in [0, 0.05) is 10.0 Å². The van der Waals surface area contributed by atoms with Crippen LogP contribution in [-0.4, -0.2) is 20.2 Å². The van der Waals surface area contributed by atoms with Gasteiger partial charge in [-0.1, -0.05) is 64.7 Å². The SMILES string of the molecule is Clc1ccc([C@@H]2C[C@H](c3ccccc3)Nc3nnnn32)c(Cl)c1. The van der Waals surface area contributed by atoms with E-state index in [0.717, 1.165) is 12.0 Å². The summed E-state index contributed by atoms with van der Waals surface area (Å²) in [7, 11) is 0. The summed E-state index contributed by atoms with van der Waals surface area (Å²) in [5.74, 6) is 0.640. The van der Waals surface area contributed by atoms with E-state index in [1.807, 2.05) is 30.3 Å². The summed E-state index contributed by atoms with van der Waals surface area (Å²) in [5, 5.41) is 16.6. The van der Waals surface area contributed by atoms with Crippen molar-refractivity contribution in [2.24, 2.45) is 0 Å². The third-order valence-corrected chi connectivity index (χ3v) is 4.64. The fraction of sp³-hybridized carbons (Fsp3) is 0.188. The number of tetrazole rings is 1. The normalized spacial score (nSPS) is 19.9. The molecule has 1 aliphatic heterocycles. The lowest BCUT2D eigenvalue weighted by Gasteiger charge is -2.31. The van der Waals surface area contributed by atoms with Crippen LogP contribution in [0.15, 0.2) is 48.5 Å². The first-order chi connectivity index (χ1) is 11.2. The molecule has 1 aliphatic rings. The summed E-state index contributed by atoms with van der Waals surface area (Å²) in [5.41, 5.74) is 2.16. The Balaban J connectivity index is 1.77. The number of halogens is 2. The van der Waals surface area contributed by atoms with Crippen LogP contribution in [0.1, 0.15) is 29.6 Å². The number of benzene rings is 2. The maximum Gasteiger partial charge on any atom is 0.243 e. The van der Waals surface area contributed by atoms with E-state index in [0.29, 0.717) is 16.0 Å². The van der Waals surface area contributed by atoms with Gasteiger partial charge >= 0.3 is 0 Å². The van der Waals surface area contributed by atoms with Gasteiger partial charge in [-0.05, 0) is 40.1 Å². The van der Waals surface area contributed by atoms with Crippen molar-refractivity contribution in [1.29, 1.82) is 0 Å². The van der Waals surface area contributed by atoms with Crippen LogP contribution in [0.2, 0.25) is 10.0 Å². The standard InChI is InChI=1S/C16H13Cl2N5/c17-11-6-7-12(13(18)8-11)15-9-14(10-4-2-1-3-5-10)19-16-20-21-22-23(15)16/h1-8,14-15H,9H2,(H,19,20,22)/t14-,15+/m1/s1. The molecule has 0 fully saturated rings. The van der Waals surface area contributed by atoms with Gasteiger partial charge in [0.05, 0.1) is 12.1 Å². The number of rotatable bonds is 2. The zero-order valence-corrected chi connectivity index (χ0v) is 13.5. The molecular formula is C16H13Cl2N5. The molecule has 0 saturated carbocycles. The van der Waals surface area contributed by atoms with Crippen LogP contribution in [0.5, 0.6) is 0 Å². The molecule has 0 bridgehead atoms. The number of aromatic nitrogens is 4. The molecule has 0 unspecified atom stereocenters. The van der Waals surface area contributed by atoms with E-state index >= 15 is 0 Å². The average molecular weight is 346 g/mol. The summed E-state index contributed by atoms with van der Waals surface area (Å²) in [6, 6.07) is 15.8. The van der Waals surface area contributed by atoms with Crippen molar-refractivity contribution in [2.45, 2.75) is 18.5 Å². The molecule has 2 heterocycles. The van der Waals surface area contributed by atoms with Gasteiger partial charge in [-0.25, -0.2) is 4.68 Å². The Morgan fingerprint density at radius 3 is 2.70 bits per heavy atom.